The summed E-state index contributed by atoms with van der Waals surface area (Å²) in [5.74, 6) is 0.438. The molecule has 0 spiro atoms. The second-order valence-electron chi connectivity index (χ2n) is 5.30. The summed E-state index contributed by atoms with van der Waals surface area (Å²) in [5, 5.41) is 2.90. The first kappa shape index (κ1) is 15.3. The number of hydrogen-bond acceptors (Lipinski definition) is 4. The zero-order valence-electron chi connectivity index (χ0n) is 12.1. The molecule has 20 heavy (non-hydrogen) atoms. The van der Waals surface area contributed by atoms with E-state index in [1.54, 1.807) is 19.3 Å². The minimum Gasteiger partial charge on any atom is -0.387 e. The molecule has 1 aromatic heterocycles. The molecule has 0 saturated heterocycles. The topological polar surface area (TPSA) is 71.1 Å². The highest BCUT2D eigenvalue weighted by molar-refractivity contribution is 7.89. The quantitative estimate of drug-likeness (QED) is 0.875. The van der Waals surface area contributed by atoms with Crippen molar-refractivity contribution in [2.75, 3.05) is 12.4 Å². The van der Waals surface area contributed by atoms with Gasteiger partial charge in [0.1, 0.15) is 4.90 Å². The third-order valence-electron chi connectivity index (χ3n) is 4.08. The van der Waals surface area contributed by atoms with Crippen LogP contribution in [0, 0.1) is 5.92 Å². The second-order valence-corrected chi connectivity index (χ2v) is 6.98. The van der Waals surface area contributed by atoms with Crippen LogP contribution in [0.25, 0.3) is 0 Å². The highest BCUT2D eigenvalue weighted by Crippen LogP contribution is 2.29. The van der Waals surface area contributed by atoms with Crippen molar-refractivity contribution < 1.29 is 8.42 Å². The fourth-order valence-electron chi connectivity index (χ4n) is 2.91. The largest absolute Gasteiger partial charge is 0.387 e. The van der Waals surface area contributed by atoms with E-state index in [1.807, 2.05) is 0 Å². The maximum Gasteiger partial charge on any atom is 0.244 e. The van der Waals surface area contributed by atoms with Crippen LogP contribution >= 0.6 is 0 Å². The van der Waals surface area contributed by atoms with Crippen molar-refractivity contribution in [3.63, 3.8) is 0 Å². The van der Waals surface area contributed by atoms with Gasteiger partial charge < -0.3 is 5.32 Å². The lowest BCUT2D eigenvalue weighted by atomic mass is 9.83. The van der Waals surface area contributed by atoms with E-state index in [2.05, 4.69) is 21.9 Å². The summed E-state index contributed by atoms with van der Waals surface area (Å²) >= 11 is 0. The first-order chi connectivity index (χ1) is 9.58. The van der Waals surface area contributed by atoms with Gasteiger partial charge in [-0.1, -0.05) is 26.2 Å². The van der Waals surface area contributed by atoms with Gasteiger partial charge in [0, 0.05) is 25.5 Å². The lowest BCUT2D eigenvalue weighted by Gasteiger charge is -2.31. The Kier molecular flexibility index (Phi) is 4.99. The normalized spacial score (nSPS) is 23.5. The molecule has 1 saturated carbocycles. The number of anilines is 1. The molecule has 1 aliphatic carbocycles. The molecule has 2 atom stereocenters. The van der Waals surface area contributed by atoms with Gasteiger partial charge in [-0.15, -0.1) is 0 Å². The minimum atomic E-state index is -3.52. The number of pyridine rings is 1. The van der Waals surface area contributed by atoms with Crippen molar-refractivity contribution in [3.05, 3.63) is 18.5 Å². The number of nitrogens with one attached hydrogen (secondary N) is 2. The molecule has 1 aromatic rings. The SMILES string of the molecule is CCC1CCCCC1NS(=O)(=O)c1cnccc1NC. The Morgan fingerprint density at radius 3 is 2.80 bits per heavy atom. The van der Waals surface area contributed by atoms with E-state index in [0.29, 0.717) is 11.6 Å². The molecule has 0 radical (unpaired) electrons. The Balaban J connectivity index is 2.22. The zero-order valence-corrected chi connectivity index (χ0v) is 12.9. The van der Waals surface area contributed by atoms with Gasteiger partial charge in [-0.3, -0.25) is 4.98 Å². The van der Waals surface area contributed by atoms with Gasteiger partial charge in [0.05, 0.1) is 5.69 Å². The molecule has 0 bridgehead atoms. The zero-order chi connectivity index (χ0) is 14.6. The predicted molar refractivity (Wildman–Crippen MR) is 80.1 cm³/mol. The molecule has 5 nitrogen and oxygen atoms in total. The van der Waals surface area contributed by atoms with E-state index >= 15 is 0 Å². The molecule has 1 heterocycles. The summed E-state index contributed by atoms with van der Waals surface area (Å²) in [5.41, 5.74) is 0.580. The van der Waals surface area contributed by atoms with Crippen molar-refractivity contribution in [1.82, 2.24) is 9.71 Å². The first-order valence-electron chi connectivity index (χ1n) is 7.22. The van der Waals surface area contributed by atoms with Crippen molar-refractivity contribution in [2.24, 2.45) is 5.92 Å². The second kappa shape index (κ2) is 6.54. The Bertz CT molecular complexity index is 545. The van der Waals surface area contributed by atoms with Crippen molar-refractivity contribution in [1.29, 1.82) is 0 Å². The van der Waals surface area contributed by atoms with Gasteiger partial charge in [-0.25, -0.2) is 13.1 Å². The summed E-state index contributed by atoms with van der Waals surface area (Å²) in [6, 6.07) is 1.72. The summed E-state index contributed by atoms with van der Waals surface area (Å²) in [7, 11) is -1.81. The maximum atomic E-state index is 12.6. The van der Waals surface area contributed by atoms with Crippen LogP contribution in [0.5, 0.6) is 0 Å². The van der Waals surface area contributed by atoms with E-state index in [4.69, 9.17) is 0 Å². The smallest absolute Gasteiger partial charge is 0.244 e. The molecule has 0 aromatic carbocycles. The molecule has 1 aliphatic rings. The molecule has 112 valence electrons. The molecular weight excluding hydrogens is 274 g/mol. The standard InChI is InChI=1S/C14H23N3O2S/c1-3-11-6-4-5-7-12(11)17-20(18,19)14-10-16-9-8-13(14)15-2/h8-12,17H,3-7H2,1-2H3,(H,15,16). The lowest BCUT2D eigenvalue weighted by Crippen LogP contribution is -2.42. The van der Waals surface area contributed by atoms with Gasteiger partial charge in [0.2, 0.25) is 10.0 Å². The monoisotopic (exact) mass is 297 g/mol. The van der Waals surface area contributed by atoms with Crippen molar-refractivity contribution in [2.45, 2.75) is 50.0 Å². The third-order valence-corrected chi connectivity index (χ3v) is 5.60. The molecule has 2 N–H and O–H groups in total. The molecule has 2 unspecified atom stereocenters. The van der Waals surface area contributed by atoms with Crippen LogP contribution < -0.4 is 10.0 Å². The molecule has 2 rings (SSSR count). The van der Waals surface area contributed by atoms with E-state index in [9.17, 15) is 8.42 Å². The maximum absolute atomic E-state index is 12.6. The molecule has 1 fully saturated rings. The Morgan fingerprint density at radius 2 is 2.10 bits per heavy atom. The van der Waals surface area contributed by atoms with Gasteiger partial charge >= 0.3 is 0 Å². The van der Waals surface area contributed by atoms with Gasteiger partial charge in [-0.05, 0) is 24.8 Å². The number of rotatable bonds is 5. The van der Waals surface area contributed by atoms with Crippen LogP contribution in [0.2, 0.25) is 0 Å². The van der Waals surface area contributed by atoms with E-state index in [-0.39, 0.29) is 10.9 Å². The van der Waals surface area contributed by atoms with E-state index < -0.39 is 10.0 Å². The van der Waals surface area contributed by atoms with E-state index in [0.717, 1.165) is 25.7 Å². The highest BCUT2D eigenvalue weighted by Gasteiger charge is 2.29. The van der Waals surface area contributed by atoms with E-state index in [1.165, 1.54) is 12.6 Å². The van der Waals surface area contributed by atoms with Crippen molar-refractivity contribution >= 4 is 15.7 Å². The summed E-state index contributed by atoms with van der Waals surface area (Å²) in [4.78, 5) is 4.16. The third kappa shape index (κ3) is 3.30. The summed E-state index contributed by atoms with van der Waals surface area (Å²) in [6.45, 7) is 2.13. The number of sulfonamides is 1. The Hall–Kier alpha value is -1.14. The van der Waals surface area contributed by atoms with Crippen LogP contribution in [-0.4, -0.2) is 26.5 Å². The molecular formula is C14H23N3O2S. The Labute approximate surface area is 121 Å². The number of nitrogens with zero attached hydrogens (tertiary/aromatic N) is 1. The van der Waals surface area contributed by atoms with Crippen molar-refractivity contribution in [3.8, 4) is 0 Å². The Morgan fingerprint density at radius 1 is 1.35 bits per heavy atom. The summed E-state index contributed by atoms with van der Waals surface area (Å²) < 4.78 is 28.0. The lowest BCUT2D eigenvalue weighted by molar-refractivity contribution is 0.282. The molecule has 0 aliphatic heterocycles. The highest BCUT2D eigenvalue weighted by atomic mass is 32.2. The average molecular weight is 297 g/mol. The van der Waals surface area contributed by atoms with Gasteiger partial charge in [-0.2, -0.15) is 0 Å². The predicted octanol–water partition coefficient (Wildman–Crippen LogP) is 2.37. The fraction of sp³-hybridized carbons (Fsp3) is 0.643. The molecule has 6 heteroatoms. The van der Waals surface area contributed by atoms with Gasteiger partial charge in [0.25, 0.3) is 0 Å². The average Bonchev–Trinajstić information content (AvgIpc) is 2.47. The molecule has 0 amide bonds. The van der Waals surface area contributed by atoms with Crippen LogP contribution in [0.3, 0.4) is 0 Å². The minimum absolute atomic E-state index is 0.0451. The summed E-state index contributed by atoms with van der Waals surface area (Å²) in [6.07, 6.45) is 8.32. The first-order valence-corrected chi connectivity index (χ1v) is 8.71. The number of aromatic nitrogens is 1. The van der Waals surface area contributed by atoms with Crippen LogP contribution in [-0.2, 0) is 10.0 Å². The van der Waals surface area contributed by atoms with Crippen LogP contribution in [0.4, 0.5) is 5.69 Å². The fourth-order valence-corrected chi connectivity index (χ4v) is 4.41. The number of hydrogen-bond donors (Lipinski definition) is 2. The van der Waals surface area contributed by atoms with Crippen LogP contribution in [0.15, 0.2) is 23.4 Å². The van der Waals surface area contributed by atoms with Gasteiger partial charge in [0.15, 0.2) is 0 Å². The van der Waals surface area contributed by atoms with Crippen LogP contribution in [0.1, 0.15) is 39.0 Å².